The summed E-state index contributed by atoms with van der Waals surface area (Å²) in [5.74, 6) is 0.412. The number of amides is 1. The number of rotatable bonds is 10. The van der Waals surface area contributed by atoms with Gasteiger partial charge in [-0.1, -0.05) is 30.3 Å². The third-order valence-corrected chi connectivity index (χ3v) is 7.02. The summed E-state index contributed by atoms with van der Waals surface area (Å²) in [6.45, 7) is 1.15. The zero-order valence-electron chi connectivity index (χ0n) is 19.4. The lowest BCUT2D eigenvalue weighted by molar-refractivity contribution is -0.384. The Bertz CT molecular complexity index is 1310. The second-order valence-corrected chi connectivity index (χ2v) is 9.37. The van der Waals surface area contributed by atoms with Crippen molar-refractivity contribution in [3.63, 3.8) is 0 Å². The highest BCUT2D eigenvalue weighted by molar-refractivity contribution is 7.92. The van der Waals surface area contributed by atoms with E-state index in [0.717, 1.165) is 10.4 Å². The molecule has 35 heavy (non-hydrogen) atoms. The number of ether oxygens (including phenoxy) is 2. The molecule has 10 nitrogen and oxygen atoms in total. The fraction of sp³-hybridized carbons (Fsp3) is 0.208. The Morgan fingerprint density at radius 3 is 2.31 bits per heavy atom. The Labute approximate surface area is 203 Å². The van der Waals surface area contributed by atoms with Crippen molar-refractivity contribution in [2.45, 2.75) is 17.9 Å². The molecular weight excluding hydrogens is 474 g/mol. The predicted molar refractivity (Wildman–Crippen MR) is 130 cm³/mol. The molecule has 11 heteroatoms. The normalized spacial score (nSPS) is 11.9. The van der Waals surface area contributed by atoms with Gasteiger partial charge in [0.25, 0.3) is 15.7 Å². The summed E-state index contributed by atoms with van der Waals surface area (Å²) in [6, 6.07) is 17.4. The van der Waals surface area contributed by atoms with E-state index in [1.807, 2.05) is 0 Å². The zero-order valence-corrected chi connectivity index (χ0v) is 20.2. The van der Waals surface area contributed by atoms with Crippen LogP contribution >= 0.6 is 0 Å². The van der Waals surface area contributed by atoms with Crippen LogP contribution in [0.5, 0.6) is 11.5 Å². The monoisotopic (exact) mass is 499 g/mol. The lowest BCUT2D eigenvalue weighted by Gasteiger charge is -2.25. The average Bonchev–Trinajstić information content (AvgIpc) is 2.87. The molecule has 0 saturated carbocycles. The molecule has 0 aliphatic rings. The standard InChI is InChI=1S/C24H25N3O7S/c1-17(18-12-13-22(33-2)23(14-18)34-3)25-24(28)16-26(19-8-7-9-20(15-19)27(29)30)35(31,32)21-10-5-4-6-11-21/h4-15,17H,16H2,1-3H3,(H,25,28). The summed E-state index contributed by atoms with van der Waals surface area (Å²) < 4.78 is 38.2. The second-order valence-electron chi connectivity index (χ2n) is 7.51. The molecule has 0 bridgehead atoms. The Morgan fingerprint density at radius 1 is 1.00 bits per heavy atom. The molecule has 184 valence electrons. The van der Waals surface area contributed by atoms with Gasteiger partial charge in [-0.25, -0.2) is 8.42 Å². The highest BCUT2D eigenvalue weighted by Crippen LogP contribution is 2.30. The zero-order chi connectivity index (χ0) is 25.6. The van der Waals surface area contributed by atoms with Crippen molar-refractivity contribution in [3.05, 3.63) is 88.5 Å². The van der Waals surface area contributed by atoms with Crippen molar-refractivity contribution >= 4 is 27.3 Å². The molecule has 0 saturated heterocycles. The van der Waals surface area contributed by atoms with Crippen molar-refractivity contribution in [1.29, 1.82) is 0 Å². The van der Waals surface area contributed by atoms with E-state index in [2.05, 4.69) is 5.32 Å². The molecule has 0 radical (unpaired) electrons. The summed E-state index contributed by atoms with van der Waals surface area (Å²) in [6.07, 6.45) is 0. The van der Waals surface area contributed by atoms with Crippen LogP contribution in [-0.4, -0.2) is 40.0 Å². The van der Waals surface area contributed by atoms with Gasteiger partial charge >= 0.3 is 0 Å². The Morgan fingerprint density at radius 2 is 1.69 bits per heavy atom. The smallest absolute Gasteiger partial charge is 0.271 e. The number of anilines is 1. The summed E-state index contributed by atoms with van der Waals surface area (Å²) in [5.41, 5.74) is 0.413. The highest BCUT2D eigenvalue weighted by Gasteiger charge is 2.28. The number of nitrogens with zero attached hydrogens (tertiary/aromatic N) is 2. The van der Waals surface area contributed by atoms with Gasteiger partial charge in [0.05, 0.1) is 35.8 Å². The molecular formula is C24H25N3O7S. The second kappa shape index (κ2) is 10.9. The van der Waals surface area contributed by atoms with Gasteiger partial charge in [0.2, 0.25) is 5.91 Å². The van der Waals surface area contributed by atoms with Gasteiger partial charge < -0.3 is 14.8 Å². The predicted octanol–water partition coefficient (Wildman–Crippen LogP) is 3.68. The fourth-order valence-corrected chi connectivity index (χ4v) is 4.85. The largest absolute Gasteiger partial charge is 0.493 e. The van der Waals surface area contributed by atoms with E-state index in [-0.39, 0.29) is 16.3 Å². The number of carbonyl (C=O) groups excluding carboxylic acids is 1. The number of nitrogens with one attached hydrogen (secondary N) is 1. The van der Waals surface area contributed by atoms with Gasteiger partial charge in [-0.2, -0.15) is 0 Å². The number of nitro groups is 1. The number of nitro benzene ring substituents is 1. The Hall–Kier alpha value is -4.12. The highest BCUT2D eigenvalue weighted by atomic mass is 32.2. The fourth-order valence-electron chi connectivity index (χ4n) is 3.42. The van der Waals surface area contributed by atoms with E-state index in [1.165, 1.54) is 44.6 Å². The van der Waals surface area contributed by atoms with Crippen LogP contribution in [0.2, 0.25) is 0 Å². The van der Waals surface area contributed by atoms with Gasteiger partial charge in [-0.3, -0.25) is 19.2 Å². The van der Waals surface area contributed by atoms with E-state index in [0.29, 0.717) is 17.1 Å². The first-order valence-corrected chi connectivity index (χ1v) is 11.9. The summed E-state index contributed by atoms with van der Waals surface area (Å²) in [5, 5.41) is 14.0. The lowest BCUT2D eigenvalue weighted by Crippen LogP contribution is -2.41. The van der Waals surface area contributed by atoms with Crippen LogP contribution in [0.25, 0.3) is 0 Å². The molecule has 0 aliphatic heterocycles. The number of benzene rings is 3. The van der Waals surface area contributed by atoms with Crippen LogP contribution in [-0.2, 0) is 14.8 Å². The summed E-state index contributed by atoms with van der Waals surface area (Å²) >= 11 is 0. The number of methoxy groups -OCH3 is 2. The maximum atomic E-state index is 13.4. The number of carbonyl (C=O) groups is 1. The average molecular weight is 500 g/mol. The van der Waals surface area contributed by atoms with Crippen molar-refractivity contribution in [3.8, 4) is 11.5 Å². The topological polar surface area (TPSA) is 128 Å². The maximum absolute atomic E-state index is 13.4. The van der Waals surface area contributed by atoms with Gasteiger partial charge in [0.1, 0.15) is 6.54 Å². The minimum absolute atomic E-state index is 0.00280. The quantitative estimate of drug-likeness (QED) is 0.333. The SMILES string of the molecule is COc1ccc(C(C)NC(=O)CN(c2cccc([N+](=O)[O-])c2)S(=O)(=O)c2ccccc2)cc1OC. The molecule has 1 amide bonds. The molecule has 0 fully saturated rings. The molecule has 3 aromatic carbocycles. The van der Waals surface area contributed by atoms with Crippen LogP contribution in [0.4, 0.5) is 11.4 Å². The van der Waals surface area contributed by atoms with Crippen LogP contribution in [0.1, 0.15) is 18.5 Å². The lowest BCUT2D eigenvalue weighted by atomic mass is 10.1. The first-order chi connectivity index (χ1) is 16.7. The number of hydrogen-bond acceptors (Lipinski definition) is 7. The van der Waals surface area contributed by atoms with E-state index < -0.39 is 33.4 Å². The Kier molecular flexibility index (Phi) is 7.92. The van der Waals surface area contributed by atoms with Gasteiger partial charge in [-0.05, 0) is 42.8 Å². The van der Waals surface area contributed by atoms with Crippen LogP contribution in [0.3, 0.4) is 0 Å². The van der Waals surface area contributed by atoms with Crippen LogP contribution < -0.4 is 19.1 Å². The van der Waals surface area contributed by atoms with Gasteiger partial charge in [-0.15, -0.1) is 0 Å². The number of hydrogen-bond donors (Lipinski definition) is 1. The summed E-state index contributed by atoms with van der Waals surface area (Å²) in [7, 11) is -1.19. The minimum Gasteiger partial charge on any atom is -0.493 e. The minimum atomic E-state index is -4.20. The van der Waals surface area contributed by atoms with Crippen molar-refractivity contribution < 1.29 is 27.6 Å². The third-order valence-electron chi connectivity index (χ3n) is 5.23. The molecule has 0 heterocycles. The van der Waals surface area contributed by atoms with Crippen molar-refractivity contribution in [2.24, 2.45) is 0 Å². The molecule has 1 atom stereocenters. The molecule has 1 N–H and O–H groups in total. The molecule has 1 unspecified atom stereocenters. The van der Waals surface area contributed by atoms with E-state index in [9.17, 15) is 23.3 Å². The van der Waals surface area contributed by atoms with E-state index in [4.69, 9.17) is 9.47 Å². The molecule has 3 rings (SSSR count). The van der Waals surface area contributed by atoms with E-state index in [1.54, 1.807) is 43.3 Å². The van der Waals surface area contributed by atoms with Crippen LogP contribution in [0.15, 0.2) is 77.7 Å². The molecule has 0 aromatic heterocycles. The summed E-state index contributed by atoms with van der Waals surface area (Å²) in [4.78, 5) is 23.6. The van der Waals surface area contributed by atoms with Gasteiger partial charge in [0.15, 0.2) is 11.5 Å². The first kappa shape index (κ1) is 25.5. The van der Waals surface area contributed by atoms with Crippen LogP contribution in [0, 0.1) is 10.1 Å². The third kappa shape index (κ3) is 5.87. The first-order valence-electron chi connectivity index (χ1n) is 10.5. The van der Waals surface area contributed by atoms with Crippen molar-refractivity contribution in [1.82, 2.24) is 5.32 Å². The van der Waals surface area contributed by atoms with Crippen molar-refractivity contribution in [2.75, 3.05) is 25.1 Å². The molecule has 0 spiro atoms. The number of non-ortho nitro benzene ring substituents is 1. The molecule has 0 aliphatic carbocycles. The number of sulfonamides is 1. The van der Waals surface area contributed by atoms with E-state index >= 15 is 0 Å². The Balaban J connectivity index is 1.91. The van der Waals surface area contributed by atoms with Gasteiger partial charge in [0, 0.05) is 12.1 Å². The maximum Gasteiger partial charge on any atom is 0.271 e. The molecule has 3 aromatic rings.